The fourth-order valence-electron chi connectivity index (χ4n) is 4.60. The third-order valence-corrected chi connectivity index (χ3v) is 7.50. The number of esters is 1. The molecular formula is C29H25N3O8S. The summed E-state index contributed by atoms with van der Waals surface area (Å²) in [5.74, 6) is 0.996. The molecule has 41 heavy (non-hydrogen) atoms. The SMILES string of the molecule is CCOC(=O)C1=C(C)N=c2s/c(=C\c3ccc(-c4ccc(OC)cc4[N+](=O)[O-])o3)c(=O)n2[C@@H]1c1ccc(OC)cc1. The maximum Gasteiger partial charge on any atom is 0.338 e. The van der Waals surface area contributed by atoms with Crippen molar-refractivity contribution in [3.8, 4) is 22.8 Å². The highest BCUT2D eigenvalue weighted by molar-refractivity contribution is 7.07. The summed E-state index contributed by atoms with van der Waals surface area (Å²) < 4.78 is 23.4. The van der Waals surface area contributed by atoms with Gasteiger partial charge < -0.3 is 18.6 Å². The summed E-state index contributed by atoms with van der Waals surface area (Å²) in [5.41, 5.74) is 1.12. The van der Waals surface area contributed by atoms with Crippen LogP contribution in [0, 0.1) is 10.1 Å². The molecule has 2 aromatic carbocycles. The van der Waals surface area contributed by atoms with E-state index in [4.69, 9.17) is 18.6 Å². The molecule has 0 amide bonds. The average molecular weight is 576 g/mol. The molecule has 0 unspecified atom stereocenters. The lowest BCUT2D eigenvalue weighted by atomic mass is 9.96. The topological polar surface area (TPSA) is 135 Å². The molecule has 0 fully saturated rings. The van der Waals surface area contributed by atoms with Crippen molar-refractivity contribution in [2.45, 2.75) is 19.9 Å². The van der Waals surface area contributed by atoms with Gasteiger partial charge in [0.05, 0.1) is 59.2 Å². The number of allylic oxidation sites excluding steroid dienone is 1. The van der Waals surface area contributed by atoms with Crippen molar-refractivity contribution in [3.63, 3.8) is 0 Å². The normalized spacial score (nSPS) is 14.8. The lowest BCUT2D eigenvalue weighted by Gasteiger charge is -2.24. The highest BCUT2D eigenvalue weighted by atomic mass is 32.1. The van der Waals surface area contributed by atoms with Crippen LogP contribution < -0.4 is 24.4 Å². The molecule has 0 N–H and O–H groups in total. The van der Waals surface area contributed by atoms with E-state index in [1.165, 1.54) is 17.7 Å². The summed E-state index contributed by atoms with van der Waals surface area (Å²) in [4.78, 5) is 42.9. The number of ether oxygens (including phenoxy) is 3. The largest absolute Gasteiger partial charge is 0.497 e. The van der Waals surface area contributed by atoms with Crippen LogP contribution in [0.15, 0.2) is 80.1 Å². The summed E-state index contributed by atoms with van der Waals surface area (Å²) >= 11 is 1.14. The number of fused-ring (bicyclic) bond motifs is 1. The number of furan rings is 1. The van der Waals surface area contributed by atoms with Gasteiger partial charge in [-0.2, -0.15) is 0 Å². The molecule has 0 bridgehead atoms. The first-order valence-corrected chi connectivity index (χ1v) is 13.3. The van der Waals surface area contributed by atoms with Gasteiger partial charge in [-0.15, -0.1) is 0 Å². The van der Waals surface area contributed by atoms with Crippen LogP contribution in [0.4, 0.5) is 5.69 Å². The second kappa shape index (κ2) is 11.3. The first kappa shape index (κ1) is 27.6. The second-order valence-corrected chi connectivity index (χ2v) is 9.93. The van der Waals surface area contributed by atoms with Crippen LogP contribution in [0.25, 0.3) is 17.4 Å². The Bertz CT molecular complexity index is 1860. The van der Waals surface area contributed by atoms with Crippen molar-refractivity contribution in [2.24, 2.45) is 4.99 Å². The van der Waals surface area contributed by atoms with Gasteiger partial charge >= 0.3 is 5.97 Å². The van der Waals surface area contributed by atoms with Gasteiger partial charge in [0.15, 0.2) is 4.80 Å². The molecule has 2 aromatic heterocycles. The fraction of sp³-hybridized carbons (Fsp3) is 0.207. The molecule has 0 radical (unpaired) electrons. The maximum atomic E-state index is 13.8. The Morgan fingerprint density at radius 3 is 2.49 bits per heavy atom. The molecule has 5 rings (SSSR count). The van der Waals surface area contributed by atoms with Crippen LogP contribution in [0.2, 0.25) is 0 Å². The quantitative estimate of drug-likeness (QED) is 0.175. The number of benzene rings is 2. The molecule has 0 saturated carbocycles. The molecular weight excluding hydrogens is 550 g/mol. The minimum absolute atomic E-state index is 0.169. The summed E-state index contributed by atoms with van der Waals surface area (Å²) in [7, 11) is 2.98. The molecule has 0 aliphatic carbocycles. The van der Waals surface area contributed by atoms with Crippen LogP contribution in [-0.2, 0) is 9.53 Å². The van der Waals surface area contributed by atoms with Gasteiger partial charge in [-0.05, 0) is 55.8 Å². The van der Waals surface area contributed by atoms with E-state index in [0.717, 1.165) is 11.3 Å². The third-order valence-electron chi connectivity index (χ3n) is 6.52. The number of carbonyl (C=O) groups is 1. The monoisotopic (exact) mass is 575 g/mol. The highest BCUT2D eigenvalue weighted by Crippen LogP contribution is 2.35. The van der Waals surface area contributed by atoms with E-state index < -0.39 is 16.9 Å². The van der Waals surface area contributed by atoms with E-state index >= 15 is 0 Å². The maximum absolute atomic E-state index is 13.8. The fourth-order valence-corrected chi connectivity index (χ4v) is 5.62. The third kappa shape index (κ3) is 5.16. The first-order valence-electron chi connectivity index (χ1n) is 12.5. The number of nitrogens with zero attached hydrogens (tertiary/aromatic N) is 3. The molecule has 12 heteroatoms. The number of hydrogen-bond donors (Lipinski definition) is 0. The highest BCUT2D eigenvalue weighted by Gasteiger charge is 2.33. The van der Waals surface area contributed by atoms with Crippen molar-refractivity contribution >= 4 is 29.1 Å². The number of aromatic nitrogens is 1. The van der Waals surface area contributed by atoms with Gasteiger partial charge in [0.1, 0.15) is 23.0 Å². The van der Waals surface area contributed by atoms with Crippen LogP contribution in [-0.4, -0.2) is 36.3 Å². The lowest BCUT2D eigenvalue weighted by molar-refractivity contribution is -0.384. The Hall–Kier alpha value is -4.97. The van der Waals surface area contributed by atoms with Crippen LogP contribution >= 0.6 is 11.3 Å². The van der Waals surface area contributed by atoms with Crippen molar-refractivity contribution in [1.29, 1.82) is 0 Å². The standard InChI is InChI=1S/C29H25N3O8S/c1-5-39-28(34)25-16(2)30-29-31(26(25)17-6-8-18(37-3)9-7-17)27(33)24(41-29)15-20-11-13-23(40-20)21-12-10-19(38-4)14-22(21)32(35)36/h6-15,26H,5H2,1-4H3/b24-15-/t26-/m1/s1. The van der Waals surface area contributed by atoms with E-state index in [1.54, 1.807) is 75.6 Å². The molecule has 11 nitrogen and oxygen atoms in total. The van der Waals surface area contributed by atoms with Gasteiger partial charge in [-0.25, -0.2) is 9.79 Å². The van der Waals surface area contributed by atoms with Gasteiger partial charge in [-0.1, -0.05) is 23.5 Å². The lowest BCUT2D eigenvalue weighted by Crippen LogP contribution is -2.39. The average Bonchev–Trinajstić information content (AvgIpc) is 3.56. The Balaban J connectivity index is 1.62. The number of methoxy groups -OCH3 is 2. The molecule has 1 atom stereocenters. The number of carbonyl (C=O) groups excluding carboxylic acids is 1. The smallest absolute Gasteiger partial charge is 0.338 e. The van der Waals surface area contributed by atoms with Crippen LogP contribution in [0.5, 0.6) is 11.5 Å². The molecule has 210 valence electrons. The molecule has 1 aliphatic heterocycles. The Kier molecular flexibility index (Phi) is 7.58. The molecule has 3 heterocycles. The first-order chi connectivity index (χ1) is 19.7. The number of nitro benzene ring substituents is 1. The number of nitro groups is 1. The predicted molar refractivity (Wildman–Crippen MR) is 151 cm³/mol. The second-order valence-electron chi connectivity index (χ2n) is 8.92. The summed E-state index contributed by atoms with van der Waals surface area (Å²) in [6, 6.07) is 14.0. The van der Waals surface area contributed by atoms with Crippen molar-refractivity contribution < 1.29 is 28.3 Å². The molecule has 4 aromatic rings. The summed E-state index contributed by atoms with van der Waals surface area (Å²) in [6.07, 6.45) is 1.55. The number of thiazole rings is 1. The Labute approximate surface area is 237 Å². The minimum atomic E-state index is -0.771. The zero-order chi connectivity index (χ0) is 29.3. The van der Waals surface area contributed by atoms with Crippen LogP contribution in [0.1, 0.15) is 31.2 Å². The minimum Gasteiger partial charge on any atom is -0.497 e. The van der Waals surface area contributed by atoms with Gasteiger partial charge in [0.25, 0.3) is 11.2 Å². The van der Waals surface area contributed by atoms with Gasteiger partial charge in [-0.3, -0.25) is 19.5 Å². The van der Waals surface area contributed by atoms with Crippen molar-refractivity contribution in [2.75, 3.05) is 20.8 Å². The predicted octanol–water partition coefficient (Wildman–Crippen LogP) is 3.98. The van der Waals surface area contributed by atoms with Crippen molar-refractivity contribution in [1.82, 2.24) is 4.57 Å². The number of rotatable bonds is 8. The molecule has 0 saturated heterocycles. The van der Waals surface area contributed by atoms with E-state index in [2.05, 4.69) is 4.99 Å². The molecule has 0 spiro atoms. The van der Waals surface area contributed by atoms with E-state index in [0.29, 0.717) is 37.9 Å². The van der Waals surface area contributed by atoms with E-state index in [-0.39, 0.29) is 34.8 Å². The van der Waals surface area contributed by atoms with Crippen LogP contribution in [0.3, 0.4) is 0 Å². The van der Waals surface area contributed by atoms with Gasteiger partial charge in [0.2, 0.25) is 0 Å². The van der Waals surface area contributed by atoms with Crippen molar-refractivity contribution in [3.05, 3.63) is 107 Å². The van der Waals surface area contributed by atoms with E-state index in [9.17, 15) is 19.7 Å². The van der Waals surface area contributed by atoms with Gasteiger partial charge in [0, 0.05) is 6.08 Å². The summed E-state index contributed by atoms with van der Waals surface area (Å²) in [6.45, 7) is 3.59. The van der Waals surface area contributed by atoms with E-state index in [1.807, 2.05) is 0 Å². The Morgan fingerprint density at radius 1 is 1.12 bits per heavy atom. The number of hydrogen-bond acceptors (Lipinski definition) is 10. The molecule has 1 aliphatic rings. The Morgan fingerprint density at radius 2 is 1.83 bits per heavy atom. The summed E-state index contributed by atoms with van der Waals surface area (Å²) in [5, 5.41) is 11.6. The zero-order valence-electron chi connectivity index (χ0n) is 22.6. The zero-order valence-corrected chi connectivity index (χ0v) is 23.4.